The largest absolute Gasteiger partial charge is 0.507 e. The number of alkyl halides is 1. The summed E-state index contributed by atoms with van der Waals surface area (Å²) in [5.41, 5.74) is 1.34. The van der Waals surface area contributed by atoms with Gasteiger partial charge in [0.05, 0.1) is 5.56 Å². The van der Waals surface area contributed by atoms with Gasteiger partial charge in [-0.05, 0) is 31.9 Å². The molecule has 0 bridgehead atoms. The first-order chi connectivity index (χ1) is 8.13. The first kappa shape index (κ1) is 12.2. The van der Waals surface area contributed by atoms with E-state index in [0.29, 0.717) is 24.0 Å². The van der Waals surface area contributed by atoms with Crippen molar-refractivity contribution in [3.63, 3.8) is 0 Å². The molecular formula is C13H16ClNO2. The molecule has 0 aromatic heterocycles. The molecule has 1 aliphatic rings. The van der Waals surface area contributed by atoms with Crippen molar-refractivity contribution in [3.05, 3.63) is 29.3 Å². The van der Waals surface area contributed by atoms with E-state index in [-0.39, 0.29) is 11.7 Å². The number of phenolic OH excluding ortho intramolecular Hbond substituents is 1. The van der Waals surface area contributed by atoms with E-state index in [1.165, 1.54) is 0 Å². The standard InChI is InChI=1S/C13H16ClNO2/c1-9-2-5-12(16)11(8-9)13(17)15(7-6-14)10-3-4-10/h2,5,8,10,16H,3-4,6-7H2,1H3. The number of phenols is 1. The Morgan fingerprint density at radius 2 is 2.24 bits per heavy atom. The van der Waals surface area contributed by atoms with Crippen molar-refractivity contribution in [2.45, 2.75) is 25.8 Å². The van der Waals surface area contributed by atoms with Crippen molar-refractivity contribution < 1.29 is 9.90 Å². The summed E-state index contributed by atoms with van der Waals surface area (Å²) in [5.74, 6) is 0.351. The molecule has 1 aliphatic carbocycles. The highest BCUT2D eigenvalue weighted by atomic mass is 35.5. The minimum absolute atomic E-state index is 0.0424. The first-order valence-electron chi connectivity index (χ1n) is 5.80. The number of hydrogen-bond acceptors (Lipinski definition) is 2. The van der Waals surface area contributed by atoms with Crippen LogP contribution in [0.2, 0.25) is 0 Å². The second kappa shape index (κ2) is 4.96. The molecule has 0 atom stereocenters. The Bertz CT molecular complexity index is 429. The topological polar surface area (TPSA) is 40.5 Å². The van der Waals surface area contributed by atoms with Gasteiger partial charge in [0.2, 0.25) is 0 Å². The third kappa shape index (κ3) is 2.72. The Morgan fingerprint density at radius 3 is 2.82 bits per heavy atom. The quantitative estimate of drug-likeness (QED) is 0.838. The minimum atomic E-state index is -0.116. The molecular weight excluding hydrogens is 238 g/mol. The number of aryl methyl sites for hydroxylation is 1. The van der Waals surface area contributed by atoms with Gasteiger partial charge in [-0.3, -0.25) is 4.79 Å². The van der Waals surface area contributed by atoms with Gasteiger partial charge < -0.3 is 10.0 Å². The SMILES string of the molecule is Cc1ccc(O)c(C(=O)N(CCCl)C2CC2)c1. The van der Waals surface area contributed by atoms with Crippen LogP contribution in [0.3, 0.4) is 0 Å². The first-order valence-corrected chi connectivity index (χ1v) is 6.33. The molecule has 0 unspecified atom stereocenters. The number of amides is 1. The van der Waals surface area contributed by atoms with Crippen LogP contribution in [-0.2, 0) is 0 Å². The van der Waals surface area contributed by atoms with Gasteiger partial charge in [-0.2, -0.15) is 0 Å². The van der Waals surface area contributed by atoms with Crippen LogP contribution >= 0.6 is 11.6 Å². The van der Waals surface area contributed by atoms with E-state index >= 15 is 0 Å². The highest BCUT2D eigenvalue weighted by Gasteiger charge is 2.33. The highest BCUT2D eigenvalue weighted by molar-refractivity contribution is 6.18. The molecule has 1 aromatic rings. The fraction of sp³-hybridized carbons (Fsp3) is 0.462. The normalized spacial score (nSPS) is 14.7. The number of aromatic hydroxyl groups is 1. The van der Waals surface area contributed by atoms with Crippen LogP contribution in [-0.4, -0.2) is 34.4 Å². The van der Waals surface area contributed by atoms with E-state index in [4.69, 9.17) is 11.6 Å². The van der Waals surface area contributed by atoms with Gasteiger partial charge in [0, 0.05) is 18.5 Å². The number of nitrogens with zero attached hydrogens (tertiary/aromatic N) is 1. The third-order valence-corrected chi connectivity index (χ3v) is 3.13. The van der Waals surface area contributed by atoms with Crippen LogP contribution in [0, 0.1) is 6.92 Å². The Balaban J connectivity index is 2.24. The van der Waals surface area contributed by atoms with Crippen LogP contribution in [0.15, 0.2) is 18.2 Å². The number of carbonyl (C=O) groups is 1. The van der Waals surface area contributed by atoms with Crippen molar-refractivity contribution in [2.75, 3.05) is 12.4 Å². The van der Waals surface area contributed by atoms with E-state index in [1.54, 1.807) is 23.1 Å². The molecule has 1 saturated carbocycles. The summed E-state index contributed by atoms with van der Waals surface area (Å²) in [6.45, 7) is 2.44. The lowest BCUT2D eigenvalue weighted by Gasteiger charge is -2.21. The molecule has 0 radical (unpaired) electrons. The lowest BCUT2D eigenvalue weighted by atomic mass is 10.1. The Kier molecular flexibility index (Phi) is 3.57. The number of halogens is 1. The maximum absolute atomic E-state index is 12.3. The van der Waals surface area contributed by atoms with E-state index < -0.39 is 0 Å². The zero-order valence-corrected chi connectivity index (χ0v) is 10.6. The second-order valence-corrected chi connectivity index (χ2v) is 4.82. The molecule has 0 spiro atoms. The van der Waals surface area contributed by atoms with Gasteiger partial charge in [0.1, 0.15) is 5.75 Å². The monoisotopic (exact) mass is 253 g/mol. The van der Waals surface area contributed by atoms with E-state index in [9.17, 15) is 9.90 Å². The van der Waals surface area contributed by atoms with Crippen LogP contribution in [0.5, 0.6) is 5.75 Å². The fourth-order valence-electron chi connectivity index (χ4n) is 1.90. The summed E-state index contributed by atoms with van der Waals surface area (Å²) in [6.07, 6.45) is 2.07. The van der Waals surface area contributed by atoms with Crippen molar-refractivity contribution in [3.8, 4) is 5.75 Å². The molecule has 1 amide bonds. The average Bonchev–Trinajstić information content (AvgIpc) is 3.12. The predicted molar refractivity (Wildman–Crippen MR) is 67.6 cm³/mol. The van der Waals surface area contributed by atoms with Gasteiger partial charge in [-0.1, -0.05) is 11.6 Å². The lowest BCUT2D eigenvalue weighted by Crippen LogP contribution is -2.34. The minimum Gasteiger partial charge on any atom is -0.507 e. The molecule has 1 fully saturated rings. The van der Waals surface area contributed by atoms with Crippen LogP contribution in [0.1, 0.15) is 28.8 Å². The van der Waals surface area contributed by atoms with E-state index in [1.807, 2.05) is 6.92 Å². The molecule has 92 valence electrons. The second-order valence-electron chi connectivity index (χ2n) is 4.44. The zero-order chi connectivity index (χ0) is 12.4. The molecule has 1 N–H and O–H groups in total. The Labute approximate surface area is 106 Å². The highest BCUT2D eigenvalue weighted by Crippen LogP contribution is 2.30. The molecule has 0 saturated heterocycles. The Hall–Kier alpha value is -1.22. The fourth-order valence-corrected chi connectivity index (χ4v) is 2.09. The summed E-state index contributed by atoms with van der Waals surface area (Å²) >= 11 is 5.71. The summed E-state index contributed by atoms with van der Waals surface area (Å²) < 4.78 is 0. The van der Waals surface area contributed by atoms with Gasteiger partial charge in [0.15, 0.2) is 0 Å². The molecule has 2 rings (SSSR count). The van der Waals surface area contributed by atoms with Gasteiger partial charge in [-0.15, -0.1) is 11.6 Å². The molecule has 0 heterocycles. The zero-order valence-electron chi connectivity index (χ0n) is 9.82. The van der Waals surface area contributed by atoms with Gasteiger partial charge in [-0.25, -0.2) is 0 Å². The van der Waals surface area contributed by atoms with Crippen LogP contribution in [0.25, 0.3) is 0 Å². The number of rotatable bonds is 4. The number of carbonyl (C=O) groups excluding carboxylic acids is 1. The maximum Gasteiger partial charge on any atom is 0.257 e. The van der Waals surface area contributed by atoms with Crippen molar-refractivity contribution in [2.24, 2.45) is 0 Å². The summed E-state index contributed by atoms with van der Waals surface area (Å²) in [7, 11) is 0. The lowest BCUT2D eigenvalue weighted by molar-refractivity contribution is 0.0750. The molecule has 0 aliphatic heterocycles. The molecule has 17 heavy (non-hydrogen) atoms. The van der Waals surface area contributed by atoms with Crippen molar-refractivity contribution in [1.82, 2.24) is 4.90 Å². The van der Waals surface area contributed by atoms with E-state index in [0.717, 1.165) is 18.4 Å². The van der Waals surface area contributed by atoms with Crippen molar-refractivity contribution >= 4 is 17.5 Å². The third-order valence-electron chi connectivity index (χ3n) is 2.96. The molecule has 4 heteroatoms. The summed E-state index contributed by atoms with van der Waals surface area (Å²) in [6, 6.07) is 5.38. The molecule has 3 nitrogen and oxygen atoms in total. The average molecular weight is 254 g/mol. The van der Waals surface area contributed by atoms with Crippen LogP contribution < -0.4 is 0 Å². The van der Waals surface area contributed by atoms with Crippen LogP contribution in [0.4, 0.5) is 0 Å². The molecule has 1 aromatic carbocycles. The Morgan fingerprint density at radius 1 is 1.53 bits per heavy atom. The van der Waals surface area contributed by atoms with E-state index in [2.05, 4.69) is 0 Å². The summed E-state index contributed by atoms with van der Waals surface area (Å²) in [5, 5.41) is 9.74. The van der Waals surface area contributed by atoms with Gasteiger partial charge in [0.25, 0.3) is 5.91 Å². The summed E-state index contributed by atoms with van der Waals surface area (Å²) in [4.78, 5) is 14.1. The van der Waals surface area contributed by atoms with Crippen molar-refractivity contribution in [1.29, 1.82) is 0 Å². The number of hydrogen-bond donors (Lipinski definition) is 1. The predicted octanol–water partition coefficient (Wildman–Crippen LogP) is 2.54. The maximum atomic E-state index is 12.3. The van der Waals surface area contributed by atoms with Gasteiger partial charge >= 0.3 is 0 Å². The number of benzene rings is 1. The smallest absolute Gasteiger partial charge is 0.257 e.